The molecule has 0 radical (unpaired) electrons. The van der Waals surface area contributed by atoms with Crippen LogP contribution in [0.2, 0.25) is 0 Å². The molecular weight excluding hydrogens is 260 g/mol. The van der Waals surface area contributed by atoms with Gasteiger partial charge in [-0.25, -0.2) is 0 Å². The molecule has 0 aliphatic heterocycles. The lowest BCUT2D eigenvalue weighted by atomic mass is 10.2. The minimum atomic E-state index is -0.290. The van der Waals surface area contributed by atoms with Crippen molar-refractivity contribution in [1.29, 1.82) is 5.26 Å². The molecule has 1 N–H and O–H groups in total. The van der Waals surface area contributed by atoms with E-state index < -0.39 is 0 Å². The molecule has 0 aliphatic carbocycles. The maximum Gasteiger partial charge on any atom is 0.276 e. The van der Waals surface area contributed by atoms with E-state index >= 15 is 0 Å². The summed E-state index contributed by atoms with van der Waals surface area (Å²) in [6.45, 7) is 5.69. The molecule has 0 saturated carbocycles. The molecule has 5 nitrogen and oxygen atoms in total. The first-order valence-corrected chi connectivity index (χ1v) is 6.57. The van der Waals surface area contributed by atoms with Gasteiger partial charge in [-0.05, 0) is 32.4 Å². The molecule has 2 aromatic heterocycles. The average Bonchev–Trinajstić information content (AvgIpc) is 2.82. The normalized spacial score (nSPS) is 10.3. The quantitative estimate of drug-likeness (QED) is 0.914. The van der Waals surface area contributed by atoms with Gasteiger partial charge in [-0.1, -0.05) is 0 Å². The Morgan fingerprint density at radius 2 is 2.16 bits per heavy atom. The van der Waals surface area contributed by atoms with Crippen molar-refractivity contribution in [2.75, 3.05) is 5.32 Å². The second-order valence-electron chi connectivity index (χ2n) is 4.35. The molecule has 2 rings (SSSR count). The highest BCUT2D eigenvalue weighted by Crippen LogP contribution is 2.31. The van der Waals surface area contributed by atoms with Crippen LogP contribution in [0.15, 0.2) is 6.07 Å². The minimum Gasteiger partial charge on any atom is -0.311 e. The maximum absolute atomic E-state index is 12.1. The molecule has 0 bridgehead atoms. The number of thiophene rings is 1. The number of nitriles is 1. The summed E-state index contributed by atoms with van der Waals surface area (Å²) in [6, 6.07) is 3.85. The van der Waals surface area contributed by atoms with Gasteiger partial charge in [-0.2, -0.15) is 10.4 Å². The van der Waals surface area contributed by atoms with Crippen LogP contribution in [-0.2, 0) is 7.05 Å². The third kappa shape index (κ3) is 2.37. The van der Waals surface area contributed by atoms with E-state index in [0.717, 1.165) is 16.1 Å². The van der Waals surface area contributed by atoms with Crippen molar-refractivity contribution in [2.45, 2.75) is 20.8 Å². The second-order valence-corrected chi connectivity index (χ2v) is 5.57. The molecule has 6 heteroatoms. The van der Waals surface area contributed by atoms with Gasteiger partial charge in [0.1, 0.15) is 11.1 Å². The average molecular weight is 274 g/mol. The van der Waals surface area contributed by atoms with Crippen LogP contribution in [0.1, 0.15) is 32.2 Å². The number of carbonyl (C=O) groups is 1. The summed E-state index contributed by atoms with van der Waals surface area (Å²) in [7, 11) is 1.78. The van der Waals surface area contributed by atoms with Gasteiger partial charge in [0.2, 0.25) is 0 Å². The Kier molecular flexibility index (Phi) is 3.40. The van der Waals surface area contributed by atoms with Gasteiger partial charge in [-0.15, -0.1) is 11.3 Å². The fraction of sp³-hybridized carbons (Fsp3) is 0.308. The third-order valence-corrected chi connectivity index (χ3v) is 4.19. The first-order chi connectivity index (χ1) is 8.93. The van der Waals surface area contributed by atoms with Gasteiger partial charge < -0.3 is 5.32 Å². The van der Waals surface area contributed by atoms with Gasteiger partial charge in [0, 0.05) is 17.6 Å². The number of hydrogen-bond acceptors (Lipinski definition) is 4. The standard InChI is InChI=1S/C13H14N4OS/c1-7-5-11(16-17(7)4)12(18)15-13-10(6-14)8(2)9(3)19-13/h5H,1-4H3,(H,15,18). The van der Waals surface area contributed by atoms with Crippen LogP contribution >= 0.6 is 11.3 Å². The van der Waals surface area contributed by atoms with Gasteiger partial charge in [0.25, 0.3) is 5.91 Å². The highest BCUT2D eigenvalue weighted by molar-refractivity contribution is 7.16. The smallest absolute Gasteiger partial charge is 0.276 e. The van der Waals surface area contributed by atoms with Crippen LogP contribution in [0, 0.1) is 32.1 Å². The summed E-state index contributed by atoms with van der Waals surface area (Å²) in [5.74, 6) is -0.290. The Labute approximate surface area is 115 Å². The predicted octanol–water partition coefficient (Wildman–Crippen LogP) is 2.53. The number of anilines is 1. The van der Waals surface area contributed by atoms with Crippen LogP contribution in [-0.4, -0.2) is 15.7 Å². The first-order valence-electron chi connectivity index (χ1n) is 5.76. The van der Waals surface area contributed by atoms with Crippen molar-refractivity contribution < 1.29 is 4.79 Å². The molecule has 1 amide bonds. The van der Waals surface area contributed by atoms with Gasteiger partial charge in [0.05, 0.1) is 5.56 Å². The van der Waals surface area contributed by atoms with Crippen molar-refractivity contribution >= 4 is 22.2 Å². The van der Waals surface area contributed by atoms with Crippen molar-refractivity contribution in [3.63, 3.8) is 0 Å². The van der Waals surface area contributed by atoms with Crippen molar-refractivity contribution in [3.05, 3.63) is 33.5 Å². The zero-order valence-corrected chi connectivity index (χ0v) is 12.1. The van der Waals surface area contributed by atoms with Crippen LogP contribution in [0.25, 0.3) is 0 Å². The molecule has 98 valence electrons. The number of aromatic nitrogens is 2. The lowest BCUT2D eigenvalue weighted by Crippen LogP contribution is -2.12. The molecule has 0 atom stereocenters. The summed E-state index contributed by atoms with van der Waals surface area (Å²) in [5, 5.41) is 16.6. The van der Waals surface area contributed by atoms with Crippen LogP contribution < -0.4 is 5.32 Å². The minimum absolute atomic E-state index is 0.290. The third-order valence-electron chi connectivity index (χ3n) is 3.07. The monoisotopic (exact) mass is 274 g/mol. The number of hydrogen-bond donors (Lipinski definition) is 1. The van der Waals surface area contributed by atoms with E-state index in [-0.39, 0.29) is 5.91 Å². The summed E-state index contributed by atoms with van der Waals surface area (Å²) in [5.41, 5.74) is 2.71. The second kappa shape index (κ2) is 4.86. The maximum atomic E-state index is 12.1. The van der Waals surface area contributed by atoms with Crippen molar-refractivity contribution in [2.24, 2.45) is 7.05 Å². The van der Waals surface area contributed by atoms with E-state index in [2.05, 4.69) is 16.5 Å². The largest absolute Gasteiger partial charge is 0.311 e. The fourth-order valence-electron chi connectivity index (χ4n) is 1.69. The SMILES string of the molecule is Cc1sc(NC(=O)c2cc(C)n(C)n2)c(C#N)c1C. The molecule has 2 heterocycles. The zero-order chi connectivity index (χ0) is 14.2. The highest BCUT2D eigenvalue weighted by atomic mass is 32.1. The van der Waals surface area contributed by atoms with Crippen LogP contribution in [0.5, 0.6) is 0 Å². The fourth-order valence-corrected chi connectivity index (χ4v) is 2.69. The zero-order valence-electron chi connectivity index (χ0n) is 11.2. The Morgan fingerprint density at radius 3 is 2.68 bits per heavy atom. The number of nitrogens with zero attached hydrogens (tertiary/aromatic N) is 3. The Balaban J connectivity index is 2.29. The highest BCUT2D eigenvalue weighted by Gasteiger charge is 2.17. The lowest BCUT2D eigenvalue weighted by molar-refractivity contribution is 0.102. The van der Waals surface area contributed by atoms with E-state index in [4.69, 9.17) is 5.26 Å². The molecule has 0 saturated heterocycles. The number of carbonyl (C=O) groups excluding carboxylic acids is 1. The molecule has 0 fully saturated rings. The van der Waals surface area contributed by atoms with Crippen LogP contribution in [0.3, 0.4) is 0 Å². The lowest BCUT2D eigenvalue weighted by Gasteiger charge is -2.00. The molecule has 0 spiro atoms. The van der Waals surface area contributed by atoms with E-state index in [1.54, 1.807) is 17.8 Å². The van der Waals surface area contributed by atoms with Gasteiger partial charge in [-0.3, -0.25) is 9.48 Å². The number of nitrogens with one attached hydrogen (secondary N) is 1. The molecular formula is C13H14N4OS. The number of rotatable bonds is 2. The topological polar surface area (TPSA) is 70.7 Å². The molecule has 0 aromatic carbocycles. The van der Waals surface area contributed by atoms with Gasteiger partial charge >= 0.3 is 0 Å². The number of aryl methyl sites for hydroxylation is 3. The van der Waals surface area contributed by atoms with E-state index in [1.807, 2.05) is 20.8 Å². The first kappa shape index (κ1) is 13.3. The molecule has 19 heavy (non-hydrogen) atoms. The number of amides is 1. The van der Waals surface area contributed by atoms with E-state index in [1.165, 1.54) is 11.3 Å². The molecule has 2 aromatic rings. The Morgan fingerprint density at radius 1 is 1.47 bits per heavy atom. The summed E-state index contributed by atoms with van der Waals surface area (Å²) >= 11 is 1.41. The van der Waals surface area contributed by atoms with E-state index in [9.17, 15) is 4.79 Å². The Bertz CT molecular complexity index is 671. The molecule has 0 aliphatic rings. The summed E-state index contributed by atoms with van der Waals surface area (Å²) < 4.78 is 1.64. The van der Waals surface area contributed by atoms with Crippen molar-refractivity contribution in [3.8, 4) is 6.07 Å². The van der Waals surface area contributed by atoms with E-state index in [0.29, 0.717) is 16.3 Å². The van der Waals surface area contributed by atoms with Gasteiger partial charge in [0.15, 0.2) is 5.69 Å². The summed E-state index contributed by atoms with van der Waals surface area (Å²) in [6.07, 6.45) is 0. The predicted molar refractivity (Wildman–Crippen MR) is 74.4 cm³/mol. The van der Waals surface area contributed by atoms with Crippen molar-refractivity contribution in [1.82, 2.24) is 9.78 Å². The summed E-state index contributed by atoms with van der Waals surface area (Å²) in [4.78, 5) is 13.1. The molecule has 0 unspecified atom stereocenters. The van der Waals surface area contributed by atoms with Crippen LogP contribution in [0.4, 0.5) is 5.00 Å². The Hall–Kier alpha value is -2.13.